The van der Waals surface area contributed by atoms with Crippen molar-refractivity contribution in [3.8, 4) is 0 Å². The quantitative estimate of drug-likeness (QED) is 0.657. The van der Waals surface area contributed by atoms with Gasteiger partial charge < -0.3 is 4.74 Å². The van der Waals surface area contributed by atoms with Crippen molar-refractivity contribution in [1.82, 2.24) is 0 Å². The second-order valence-electron chi connectivity index (χ2n) is 5.59. The van der Waals surface area contributed by atoms with E-state index in [-0.39, 0.29) is 17.3 Å². The summed E-state index contributed by atoms with van der Waals surface area (Å²) < 4.78 is 5.20. The molecule has 88 valence electrons. The fraction of sp³-hybridized carbons (Fsp3) is 0.923. The van der Waals surface area contributed by atoms with Crippen LogP contribution in [0, 0.1) is 23.2 Å². The molecule has 1 rings (SSSR count). The second kappa shape index (κ2) is 4.54. The molecule has 0 aliphatic heterocycles. The molecular formula is C13H24O2. The zero-order valence-electron chi connectivity index (χ0n) is 10.7. The van der Waals surface area contributed by atoms with E-state index in [9.17, 15) is 4.79 Å². The van der Waals surface area contributed by atoms with Crippen molar-refractivity contribution in [1.29, 1.82) is 0 Å². The molecule has 0 bridgehead atoms. The van der Waals surface area contributed by atoms with Crippen LogP contribution in [0.5, 0.6) is 0 Å². The smallest absolute Gasteiger partial charge is 0.309 e. The Morgan fingerprint density at radius 3 is 2.53 bits per heavy atom. The molecule has 0 N–H and O–H groups in total. The summed E-state index contributed by atoms with van der Waals surface area (Å²) in [5.74, 6) is 1.14. The first-order valence-electron chi connectivity index (χ1n) is 6.06. The lowest BCUT2D eigenvalue weighted by molar-refractivity contribution is -0.158. The normalized spacial score (nSPS) is 34.9. The van der Waals surface area contributed by atoms with Crippen molar-refractivity contribution in [2.75, 3.05) is 6.61 Å². The van der Waals surface area contributed by atoms with E-state index < -0.39 is 0 Å². The Labute approximate surface area is 93.4 Å². The molecule has 1 aliphatic rings. The summed E-state index contributed by atoms with van der Waals surface area (Å²) >= 11 is 0. The minimum absolute atomic E-state index is 0.00144. The number of rotatable bonds is 2. The first-order valence-corrected chi connectivity index (χ1v) is 6.06. The van der Waals surface area contributed by atoms with Gasteiger partial charge in [0.15, 0.2) is 0 Å². The molecule has 1 fully saturated rings. The van der Waals surface area contributed by atoms with Crippen LogP contribution in [-0.2, 0) is 9.53 Å². The van der Waals surface area contributed by atoms with Crippen LogP contribution in [0.25, 0.3) is 0 Å². The van der Waals surface area contributed by atoms with Crippen LogP contribution >= 0.6 is 0 Å². The van der Waals surface area contributed by atoms with Gasteiger partial charge in [-0.3, -0.25) is 4.79 Å². The highest BCUT2D eigenvalue weighted by atomic mass is 16.5. The zero-order chi connectivity index (χ0) is 11.6. The molecule has 2 nitrogen and oxygen atoms in total. The molecule has 3 atom stereocenters. The van der Waals surface area contributed by atoms with Gasteiger partial charge in [0.1, 0.15) is 0 Å². The number of hydrogen-bond acceptors (Lipinski definition) is 2. The molecule has 1 saturated carbocycles. The predicted molar refractivity (Wildman–Crippen MR) is 61.5 cm³/mol. The number of ether oxygens (including phenoxy) is 1. The van der Waals surface area contributed by atoms with Crippen LogP contribution in [0.15, 0.2) is 0 Å². The maximum absolute atomic E-state index is 11.9. The van der Waals surface area contributed by atoms with Crippen LogP contribution in [0.1, 0.15) is 47.5 Å². The van der Waals surface area contributed by atoms with Gasteiger partial charge in [-0.2, -0.15) is 0 Å². The van der Waals surface area contributed by atoms with Gasteiger partial charge in [-0.05, 0) is 37.0 Å². The van der Waals surface area contributed by atoms with E-state index in [1.54, 1.807) is 0 Å². The predicted octanol–water partition coefficient (Wildman–Crippen LogP) is 3.26. The van der Waals surface area contributed by atoms with Crippen LogP contribution in [0.3, 0.4) is 0 Å². The summed E-state index contributed by atoms with van der Waals surface area (Å²) in [6, 6.07) is 0. The minimum Gasteiger partial charge on any atom is -0.466 e. The first-order chi connectivity index (χ1) is 6.90. The molecule has 0 aromatic heterocycles. The zero-order valence-corrected chi connectivity index (χ0v) is 10.7. The molecule has 0 heterocycles. The topological polar surface area (TPSA) is 26.3 Å². The van der Waals surface area contributed by atoms with Gasteiger partial charge in [0.25, 0.3) is 0 Å². The summed E-state index contributed by atoms with van der Waals surface area (Å²) in [6.45, 7) is 11.2. The molecule has 0 aromatic rings. The molecule has 3 unspecified atom stereocenters. The van der Waals surface area contributed by atoms with Crippen molar-refractivity contribution in [3.05, 3.63) is 0 Å². The van der Waals surface area contributed by atoms with Crippen molar-refractivity contribution >= 4 is 5.97 Å². The van der Waals surface area contributed by atoms with Gasteiger partial charge in [0.2, 0.25) is 0 Å². The Morgan fingerprint density at radius 2 is 2.00 bits per heavy atom. The standard InChI is InChI=1S/C13H24O2/c1-6-15-12(14)11-10(3)9(2)7-8-13(11,4)5/h9-11H,6-8H2,1-5H3. The second-order valence-corrected chi connectivity index (χ2v) is 5.59. The summed E-state index contributed by atoms with van der Waals surface area (Å²) in [5, 5.41) is 0. The van der Waals surface area contributed by atoms with E-state index in [1.807, 2.05) is 6.92 Å². The molecule has 2 heteroatoms. The molecule has 0 aromatic carbocycles. The van der Waals surface area contributed by atoms with Crippen molar-refractivity contribution < 1.29 is 9.53 Å². The van der Waals surface area contributed by atoms with Gasteiger partial charge in [0.05, 0.1) is 12.5 Å². The average Bonchev–Trinajstić information content (AvgIpc) is 2.12. The Kier molecular flexibility index (Phi) is 3.80. The van der Waals surface area contributed by atoms with Crippen molar-refractivity contribution in [3.63, 3.8) is 0 Å². The number of carbonyl (C=O) groups is 1. The fourth-order valence-electron chi connectivity index (χ4n) is 2.82. The highest BCUT2D eigenvalue weighted by molar-refractivity contribution is 5.73. The maximum atomic E-state index is 11.9. The summed E-state index contributed by atoms with van der Waals surface area (Å²) in [4.78, 5) is 11.9. The van der Waals surface area contributed by atoms with E-state index >= 15 is 0 Å². The molecule has 0 amide bonds. The van der Waals surface area contributed by atoms with E-state index in [4.69, 9.17) is 4.74 Å². The average molecular weight is 212 g/mol. The third-order valence-electron chi connectivity index (χ3n) is 4.05. The molecule has 0 spiro atoms. The van der Waals surface area contributed by atoms with E-state index in [2.05, 4.69) is 27.7 Å². The highest BCUT2D eigenvalue weighted by Crippen LogP contribution is 2.46. The van der Waals surface area contributed by atoms with Crippen LogP contribution in [0.2, 0.25) is 0 Å². The van der Waals surface area contributed by atoms with Gasteiger partial charge >= 0.3 is 5.97 Å². The van der Waals surface area contributed by atoms with Gasteiger partial charge in [-0.1, -0.05) is 27.7 Å². The summed E-state index contributed by atoms with van der Waals surface area (Å²) in [7, 11) is 0. The number of esters is 1. The lowest BCUT2D eigenvalue weighted by Crippen LogP contribution is -2.43. The Morgan fingerprint density at radius 1 is 1.40 bits per heavy atom. The van der Waals surface area contributed by atoms with Crippen molar-refractivity contribution in [2.45, 2.75) is 47.5 Å². The first kappa shape index (κ1) is 12.5. The molecular weight excluding hydrogens is 188 g/mol. The van der Waals surface area contributed by atoms with Gasteiger partial charge in [-0.25, -0.2) is 0 Å². The maximum Gasteiger partial charge on any atom is 0.309 e. The van der Waals surface area contributed by atoms with E-state index in [0.29, 0.717) is 18.4 Å². The van der Waals surface area contributed by atoms with Gasteiger partial charge in [0, 0.05) is 0 Å². The summed E-state index contributed by atoms with van der Waals surface area (Å²) in [6.07, 6.45) is 2.35. The molecule has 15 heavy (non-hydrogen) atoms. The molecule has 1 aliphatic carbocycles. The SMILES string of the molecule is CCOC(=O)C1C(C)C(C)CCC1(C)C. The van der Waals surface area contributed by atoms with E-state index in [1.165, 1.54) is 6.42 Å². The lowest BCUT2D eigenvalue weighted by atomic mass is 9.61. The third kappa shape index (κ3) is 2.53. The molecule has 0 radical (unpaired) electrons. The summed E-state index contributed by atoms with van der Waals surface area (Å²) in [5.41, 5.74) is 0.0954. The van der Waals surface area contributed by atoms with Crippen molar-refractivity contribution in [2.24, 2.45) is 23.2 Å². The van der Waals surface area contributed by atoms with Crippen LogP contribution < -0.4 is 0 Å². The lowest BCUT2D eigenvalue weighted by Gasteiger charge is -2.44. The fourth-order valence-corrected chi connectivity index (χ4v) is 2.82. The van der Waals surface area contributed by atoms with Gasteiger partial charge in [-0.15, -0.1) is 0 Å². The number of carbonyl (C=O) groups excluding carboxylic acids is 1. The minimum atomic E-state index is 0.00144. The Bertz CT molecular complexity index is 233. The third-order valence-corrected chi connectivity index (χ3v) is 4.05. The largest absolute Gasteiger partial charge is 0.466 e. The Hall–Kier alpha value is -0.530. The Balaban J connectivity index is 2.83. The highest BCUT2D eigenvalue weighted by Gasteiger charge is 2.45. The molecule has 0 saturated heterocycles. The van der Waals surface area contributed by atoms with Crippen LogP contribution in [-0.4, -0.2) is 12.6 Å². The monoisotopic (exact) mass is 212 g/mol. The number of hydrogen-bond donors (Lipinski definition) is 0. The van der Waals surface area contributed by atoms with Crippen LogP contribution in [0.4, 0.5) is 0 Å². The van der Waals surface area contributed by atoms with E-state index in [0.717, 1.165) is 6.42 Å².